The van der Waals surface area contributed by atoms with Gasteiger partial charge in [-0.15, -0.1) is 0 Å². The number of benzene rings is 2. The number of hydrogen-bond donors (Lipinski definition) is 1. The van der Waals surface area contributed by atoms with Crippen molar-refractivity contribution in [1.29, 1.82) is 0 Å². The van der Waals surface area contributed by atoms with E-state index in [1.165, 1.54) is 31.4 Å². The number of nitrogens with zero attached hydrogens (tertiary/aromatic N) is 1. The summed E-state index contributed by atoms with van der Waals surface area (Å²) < 4.78 is 31.9. The Morgan fingerprint density at radius 2 is 1.69 bits per heavy atom. The monoisotopic (exact) mass is 374 g/mol. The summed E-state index contributed by atoms with van der Waals surface area (Å²) in [7, 11) is -2.72. The highest BCUT2D eigenvalue weighted by Gasteiger charge is 2.38. The lowest BCUT2D eigenvalue weighted by Gasteiger charge is -2.34. The van der Waals surface area contributed by atoms with Gasteiger partial charge in [0, 0.05) is 6.54 Å². The average molecular weight is 374 g/mol. The van der Waals surface area contributed by atoms with Crippen LogP contribution in [0.4, 0.5) is 0 Å². The zero-order chi connectivity index (χ0) is 18.9. The molecule has 0 spiro atoms. The van der Waals surface area contributed by atoms with Crippen molar-refractivity contribution in [2.45, 2.75) is 23.9 Å². The SMILES string of the molecule is COC(=O)c1ccc(S(=O)(=O)N2Cc3ccccc3C[C@H]2C(N)=O)cc1. The van der Waals surface area contributed by atoms with Gasteiger partial charge in [0.25, 0.3) is 0 Å². The van der Waals surface area contributed by atoms with Gasteiger partial charge in [0.2, 0.25) is 15.9 Å². The highest BCUT2D eigenvalue weighted by Crippen LogP contribution is 2.29. The Morgan fingerprint density at radius 3 is 2.27 bits per heavy atom. The lowest BCUT2D eigenvalue weighted by Crippen LogP contribution is -2.50. The number of carbonyl (C=O) groups excluding carboxylic acids is 2. The molecule has 1 heterocycles. The third kappa shape index (κ3) is 3.21. The molecule has 0 saturated heterocycles. The van der Waals surface area contributed by atoms with E-state index in [1.807, 2.05) is 24.3 Å². The number of esters is 1. The smallest absolute Gasteiger partial charge is 0.337 e. The Balaban J connectivity index is 1.99. The van der Waals surface area contributed by atoms with Crippen LogP contribution in [0.15, 0.2) is 53.4 Å². The molecular formula is C18H18N2O5S. The highest BCUT2D eigenvalue weighted by molar-refractivity contribution is 7.89. The normalized spacial score (nSPS) is 17.3. The first-order chi connectivity index (χ1) is 12.3. The molecule has 0 radical (unpaired) electrons. The quantitative estimate of drug-likeness (QED) is 0.806. The number of ether oxygens (including phenoxy) is 1. The molecule has 1 aliphatic heterocycles. The number of rotatable bonds is 4. The maximum atomic E-state index is 13.1. The van der Waals surface area contributed by atoms with E-state index in [2.05, 4.69) is 4.74 Å². The summed E-state index contributed by atoms with van der Waals surface area (Å²) in [5, 5.41) is 0. The van der Waals surface area contributed by atoms with Gasteiger partial charge in [-0.3, -0.25) is 4.79 Å². The largest absolute Gasteiger partial charge is 0.465 e. The summed E-state index contributed by atoms with van der Waals surface area (Å²) in [6.45, 7) is 0.0604. The Labute approximate surface area is 151 Å². The molecule has 0 aromatic heterocycles. The Bertz CT molecular complexity index is 954. The van der Waals surface area contributed by atoms with Crippen molar-refractivity contribution in [3.63, 3.8) is 0 Å². The van der Waals surface area contributed by atoms with E-state index in [1.54, 1.807) is 0 Å². The van der Waals surface area contributed by atoms with Crippen molar-refractivity contribution in [2.24, 2.45) is 5.73 Å². The fourth-order valence-electron chi connectivity index (χ4n) is 3.01. The van der Waals surface area contributed by atoms with Crippen LogP contribution in [0.1, 0.15) is 21.5 Å². The standard InChI is InChI=1S/C18H18N2O5S/c1-25-18(22)12-6-8-15(9-7-12)26(23,24)20-11-14-5-3-2-4-13(14)10-16(20)17(19)21/h2-9,16H,10-11H2,1H3,(H2,19,21)/t16-/m0/s1. The molecule has 1 atom stereocenters. The minimum Gasteiger partial charge on any atom is -0.465 e. The number of methoxy groups -OCH3 is 1. The van der Waals surface area contributed by atoms with E-state index in [0.29, 0.717) is 0 Å². The van der Waals surface area contributed by atoms with E-state index in [4.69, 9.17) is 5.73 Å². The molecule has 136 valence electrons. The number of hydrogen-bond acceptors (Lipinski definition) is 5. The van der Waals surface area contributed by atoms with Crippen LogP contribution >= 0.6 is 0 Å². The molecule has 2 aromatic carbocycles. The van der Waals surface area contributed by atoms with Gasteiger partial charge in [-0.25, -0.2) is 13.2 Å². The van der Waals surface area contributed by atoms with E-state index < -0.39 is 27.9 Å². The third-order valence-corrected chi connectivity index (χ3v) is 6.28. The van der Waals surface area contributed by atoms with Crippen molar-refractivity contribution in [3.8, 4) is 0 Å². The topological polar surface area (TPSA) is 107 Å². The molecule has 0 bridgehead atoms. The number of carbonyl (C=O) groups is 2. The second kappa shape index (κ2) is 6.89. The maximum Gasteiger partial charge on any atom is 0.337 e. The predicted octanol–water partition coefficient (Wildman–Crippen LogP) is 1.07. The number of fused-ring (bicyclic) bond motifs is 1. The van der Waals surface area contributed by atoms with Crippen LogP contribution in [0.3, 0.4) is 0 Å². The van der Waals surface area contributed by atoms with Crippen molar-refractivity contribution >= 4 is 21.9 Å². The summed E-state index contributed by atoms with van der Waals surface area (Å²) in [5.74, 6) is -1.26. The average Bonchev–Trinajstić information content (AvgIpc) is 2.66. The summed E-state index contributed by atoms with van der Waals surface area (Å²) in [6.07, 6.45) is 0.227. The van der Waals surface area contributed by atoms with Gasteiger partial charge in [0.05, 0.1) is 17.6 Å². The van der Waals surface area contributed by atoms with Gasteiger partial charge in [-0.2, -0.15) is 4.31 Å². The van der Waals surface area contributed by atoms with Crippen LogP contribution in [-0.2, 0) is 32.5 Å². The summed E-state index contributed by atoms with van der Waals surface area (Å²) in [4.78, 5) is 23.4. The molecule has 1 amide bonds. The van der Waals surface area contributed by atoms with Crippen LogP contribution in [0.5, 0.6) is 0 Å². The van der Waals surface area contributed by atoms with E-state index >= 15 is 0 Å². The Hall–Kier alpha value is -2.71. The molecular weight excluding hydrogens is 356 g/mol. The fourth-order valence-corrected chi connectivity index (χ4v) is 4.58. The first kappa shape index (κ1) is 18.1. The lowest BCUT2D eigenvalue weighted by atomic mass is 9.96. The summed E-state index contributed by atoms with van der Waals surface area (Å²) in [5.41, 5.74) is 7.44. The molecule has 0 aliphatic carbocycles. The van der Waals surface area contributed by atoms with Gasteiger partial charge in [0.15, 0.2) is 0 Å². The molecule has 26 heavy (non-hydrogen) atoms. The number of amides is 1. The Morgan fingerprint density at radius 1 is 1.08 bits per heavy atom. The van der Waals surface area contributed by atoms with Gasteiger partial charge >= 0.3 is 5.97 Å². The van der Waals surface area contributed by atoms with E-state index in [9.17, 15) is 18.0 Å². The molecule has 2 aromatic rings. The molecule has 0 unspecified atom stereocenters. The molecule has 8 heteroatoms. The van der Waals surface area contributed by atoms with Crippen LogP contribution in [0, 0.1) is 0 Å². The van der Waals surface area contributed by atoms with E-state index in [0.717, 1.165) is 15.4 Å². The first-order valence-corrected chi connectivity index (χ1v) is 9.35. The minimum atomic E-state index is -3.97. The maximum absolute atomic E-state index is 13.1. The molecule has 3 rings (SSSR count). The van der Waals surface area contributed by atoms with Crippen molar-refractivity contribution in [3.05, 3.63) is 65.2 Å². The van der Waals surface area contributed by atoms with Crippen molar-refractivity contribution < 1.29 is 22.7 Å². The first-order valence-electron chi connectivity index (χ1n) is 7.91. The van der Waals surface area contributed by atoms with Gasteiger partial charge in [-0.05, 0) is 41.8 Å². The number of nitrogens with two attached hydrogens (primary N) is 1. The second-order valence-corrected chi connectivity index (χ2v) is 7.85. The van der Waals surface area contributed by atoms with Crippen LogP contribution in [0.2, 0.25) is 0 Å². The van der Waals surface area contributed by atoms with Crippen molar-refractivity contribution in [2.75, 3.05) is 7.11 Å². The fraction of sp³-hybridized carbons (Fsp3) is 0.222. The summed E-state index contributed by atoms with van der Waals surface area (Å²) >= 11 is 0. The molecule has 0 saturated carbocycles. The lowest BCUT2D eigenvalue weighted by molar-refractivity contribution is -0.122. The van der Waals surface area contributed by atoms with Crippen LogP contribution in [0.25, 0.3) is 0 Å². The zero-order valence-electron chi connectivity index (χ0n) is 14.1. The third-order valence-electron chi connectivity index (χ3n) is 4.42. The van der Waals surface area contributed by atoms with Crippen LogP contribution in [-0.4, -0.2) is 37.8 Å². The number of sulfonamides is 1. The highest BCUT2D eigenvalue weighted by atomic mass is 32.2. The van der Waals surface area contributed by atoms with Gasteiger partial charge in [0.1, 0.15) is 6.04 Å². The van der Waals surface area contributed by atoms with Gasteiger partial charge in [-0.1, -0.05) is 24.3 Å². The van der Waals surface area contributed by atoms with Gasteiger partial charge < -0.3 is 10.5 Å². The molecule has 0 fully saturated rings. The summed E-state index contributed by atoms with van der Waals surface area (Å²) in [6, 6.07) is 11.8. The van der Waals surface area contributed by atoms with E-state index in [-0.39, 0.29) is 23.4 Å². The number of primary amides is 1. The molecule has 2 N–H and O–H groups in total. The predicted molar refractivity (Wildman–Crippen MR) is 93.6 cm³/mol. The second-order valence-electron chi connectivity index (χ2n) is 5.96. The molecule has 1 aliphatic rings. The zero-order valence-corrected chi connectivity index (χ0v) is 14.9. The Kier molecular flexibility index (Phi) is 4.80. The minimum absolute atomic E-state index is 0.0178. The van der Waals surface area contributed by atoms with Crippen molar-refractivity contribution in [1.82, 2.24) is 4.31 Å². The van der Waals surface area contributed by atoms with Crippen LogP contribution < -0.4 is 5.73 Å². The molecule has 7 nitrogen and oxygen atoms in total.